The van der Waals surface area contributed by atoms with Crippen molar-refractivity contribution in [1.29, 1.82) is 0 Å². The smallest absolute Gasteiger partial charge is 0.272 e. The van der Waals surface area contributed by atoms with E-state index in [2.05, 4.69) is 41.7 Å². The number of amides is 1. The van der Waals surface area contributed by atoms with E-state index < -0.39 is 0 Å². The third kappa shape index (κ3) is 2.83. The summed E-state index contributed by atoms with van der Waals surface area (Å²) in [6.07, 6.45) is 4.28. The second kappa shape index (κ2) is 5.37. The third-order valence-electron chi connectivity index (χ3n) is 3.42. The van der Waals surface area contributed by atoms with Gasteiger partial charge in [0, 0.05) is 26.9 Å². The van der Waals surface area contributed by atoms with Crippen molar-refractivity contribution in [2.24, 2.45) is 0 Å². The minimum atomic E-state index is -0.0710. The molecule has 0 bridgehead atoms. The van der Waals surface area contributed by atoms with Crippen LogP contribution >= 0.6 is 31.9 Å². The summed E-state index contributed by atoms with van der Waals surface area (Å²) in [7, 11) is 0. The van der Waals surface area contributed by atoms with Crippen LogP contribution in [0, 0.1) is 6.92 Å². The van der Waals surface area contributed by atoms with Crippen molar-refractivity contribution in [2.45, 2.75) is 25.8 Å². The zero-order chi connectivity index (χ0) is 14.3. The van der Waals surface area contributed by atoms with Gasteiger partial charge in [0.25, 0.3) is 5.91 Å². The number of carbonyl (C=O) groups excluding carboxylic acids is 1. The van der Waals surface area contributed by atoms with Crippen LogP contribution in [0.4, 0.5) is 5.69 Å². The number of nitrogens with one attached hydrogen (secondary N) is 1. The highest BCUT2D eigenvalue weighted by Crippen LogP contribution is 2.37. The molecule has 3 nitrogen and oxygen atoms in total. The SMILES string of the molecule is Cc1ccc(NC(=O)c2cc(Br)cn2C2CC2)cc1Br. The van der Waals surface area contributed by atoms with Gasteiger partial charge in [-0.15, -0.1) is 0 Å². The molecule has 20 heavy (non-hydrogen) atoms. The van der Waals surface area contributed by atoms with E-state index in [-0.39, 0.29) is 5.91 Å². The Balaban J connectivity index is 1.84. The maximum absolute atomic E-state index is 12.4. The molecule has 2 aromatic rings. The van der Waals surface area contributed by atoms with Gasteiger partial charge in [-0.05, 0) is 59.5 Å². The fourth-order valence-corrected chi connectivity index (χ4v) is 2.96. The molecule has 1 N–H and O–H groups in total. The Kier molecular flexibility index (Phi) is 3.73. The van der Waals surface area contributed by atoms with Gasteiger partial charge in [0.05, 0.1) is 0 Å². The van der Waals surface area contributed by atoms with Crippen LogP contribution in [0.3, 0.4) is 0 Å². The van der Waals surface area contributed by atoms with E-state index in [1.54, 1.807) is 0 Å². The van der Waals surface area contributed by atoms with E-state index in [9.17, 15) is 4.79 Å². The lowest BCUT2D eigenvalue weighted by atomic mass is 10.2. The summed E-state index contributed by atoms with van der Waals surface area (Å²) in [4.78, 5) is 12.4. The van der Waals surface area contributed by atoms with Gasteiger partial charge < -0.3 is 9.88 Å². The van der Waals surface area contributed by atoms with Crippen molar-refractivity contribution in [3.8, 4) is 0 Å². The molecule has 5 heteroatoms. The van der Waals surface area contributed by atoms with Crippen molar-refractivity contribution < 1.29 is 4.79 Å². The van der Waals surface area contributed by atoms with Crippen LogP contribution in [0.2, 0.25) is 0 Å². The van der Waals surface area contributed by atoms with E-state index in [0.29, 0.717) is 11.7 Å². The minimum absolute atomic E-state index is 0.0710. The predicted molar refractivity (Wildman–Crippen MR) is 87.2 cm³/mol. The van der Waals surface area contributed by atoms with Gasteiger partial charge in [0.1, 0.15) is 5.69 Å². The first kappa shape index (κ1) is 13.9. The number of carbonyl (C=O) groups is 1. The number of hydrogen-bond acceptors (Lipinski definition) is 1. The molecule has 104 valence electrons. The summed E-state index contributed by atoms with van der Waals surface area (Å²) >= 11 is 6.93. The number of benzene rings is 1. The Morgan fingerprint density at radius 3 is 2.70 bits per heavy atom. The van der Waals surface area contributed by atoms with Gasteiger partial charge in [-0.3, -0.25) is 4.79 Å². The molecule has 0 saturated heterocycles. The van der Waals surface area contributed by atoms with Crippen LogP contribution in [0.1, 0.15) is 34.9 Å². The molecule has 1 fully saturated rings. The van der Waals surface area contributed by atoms with Crippen molar-refractivity contribution in [1.82, 2.24) is 4.57 Å². The van der Waals surface area contributed by atoms with Gasteiger partial charge in [-0.2, -0.15) is 0 Å². The Labute approximate surface area is 134 Å². The van der Waals surface area contributed by atoms with Crippen molar-refractivity contribution in [3.63, 3.8) is 0 Å². The highest BCUT2D eigenvalue weighted by molar-refractivity contribution is 9.10. The third-order valence-corrected chi connectivity index (χ3v) is 4.71. The normalized spacial score (nSPS) is 14.3. The number of aromatic nitrogens is 1. The lowest BCUT2D eigenvalue weighted by molar-refractivity contribution is 0.101. The largest absolute Gasteiger partial charge is 0.339 e. The molecule has 0 atom stereocenters. The molecule has 0 aliphatic heterocycles. The quantitative estimate of drug-likeness (QED) is 0.784. The van der Waals surface area contributed by atoms with Crippen molar-refractivity contribution in [3.05, 3.63) is 50.7 Å². The summed E-state index contributed by atoms with van der Waals surface area (Å²) in [5, 5.41) is 2.95. The maximum Gasteiger partial charge on any atom is 0.272 e. The highest BCUT2D eigenvalue weighted by atomic mass is 79.9. The van der Waals surface area contributed by atoms with Gasteiger partial charge >= 0.3 is 0 Å². The van der Waals surface area contributed by atoms with Crippen LogP contribution in [-0.2, 0) is 0 Å². The molecule has 1 aliphatic carbocycles. The summed E-state index contributed by atoms with van der Waals surface area (Å²) in [5.41, 5.74) is 2.65. The molecule has 3 rings (SSSR count). The Hall–Kier alpha value is -1.07. The predicted octanol–water partition coefficient (Wildman–Crippen LogP) is 4.91. The fraction of sp³-hybridized carbons (Fsp3) is 0.267. The average Bonchev–Trinajstić information content (AvgIpc) is 3.17. The molecule has 0 radical (unpaired) electrons. The zero-order valence-electron chi connectivity index (χ0n) is 11.0. The molecular formula is C15H14Br2N2O. The monoisotopic (exact) mass is 396 g/mol. The van der Waals surface area contributed by atoms with Crippen LogP contribution in [0.25, 0.3) is 0 Å². The number of hydrogen-bond donors (Lipinski definition) is 1. The lowest BCUT2D eigenvalue weighted by Crippen LogP contribution is -2.16. The van der Waals surface area contributed by atoms with E-state index >= 15 is 0 Å². The summed E-state index contributed by atoms with van der Waals surface area (Å²) in [6.45, 7) is 2.02. The number of aryl methyl sites for hydroxylation is 1. The van der Waals surface area contributed by atoms with Gasteiger partial charge in [-0.25, -0.2) is 0 Å². The number of anilines is 1. The van der Waals surface area contributed by atoms with Gasteiger partial charge in [0.15, 0.2) is 0 Å². The molecule has 1 saturated carbocycles. The van der Waals surface area contributed by atoms with E-state index in [0.717, 1.165) is 33.0 Å². The molecular weight excluding hydrogens is 384 g/mol. The Morgan fingerprint density at radius 2 is 2.05 bits per heavy atom. The standard InChI is InChI=1S/C15H14Br2N2O/c1-9-2-3-11(7-13(9)17)18-15(20)14-6-10(16)8-19(14)12-4-5-12/h2-3,6-8,12H,4-5H2,1H3,(H,18,20). The van der Waals surface area contributed by atoms with Crippen LogP contribution in [0.15, 0.2) is 39.4 Å². The molecule has 1 aromatic carbocycles. The Morgan fingerprint density at radius 1 is 1.30 bits per heavy atom. The first-order valence-corrected chi connectivity index (χ1v) is 8.08. The average molecular weight is 398 g/mol. The minimum Gasteiger partial charge on any atom is -0.339 e. The van der Waals surface area contributed by atoms with Crippen LogP contribution in [0.5, 0.6) is 0 Å². The van der Waals surface area contributed by atoms with Gasteiger partial charge in [0.2, 0.25) is 0 Å². The fourth-order valence-electron chi connectivity index (χ4n) is 2.15. The van der Waals surface area contributed by atoms with Crippen molar-refractivity contribution in [2.75, 3.05) is 5.32 Å². The Bertz CT molecular complexity index is 675. The van der Waals surface area contributed by atoms with Crippen molar-refractivity contribution >= 4 is 43.5 Å². The van der Waals surface area contributed by atoms with Crippen LogP contribution < -0.4 is 5.32 Å². The number of halogens is 2. The van der Waals surface area contributed by atoms with Gasteiger partial charge in [-0.1, -0.05) is 22.0 Å². The van der Waals surface area contributed by atoms with Crippen LogP contribution in [-0.4, -0.2) is 10.5 Å². The first-order valence-electron chi connectivity index (χ1n) is 6.49. The lowest BCUT2D eigenvalue weighted by Gasteiger charge is -2.09. The first-order chi connectivity index (χ1) is 9.54. The second-order valence-electron chi connectivity index (χ2n) is 5.10. The molecule has 1 aromatic heterocycles. The molecule has 1 heterocycles. The second-order valence-corrected chi connectivity index (χ2v) is 6.87. The van der Waals surface area contributed by atoms with E-state index in [1.165, 1.54) is 0 Å². The molecule has 0 spiro atoms. The molecule has 1 amide bonds. The highest BCUT2D eigenvalue weighted by Gasteiger charge is 2.27. The number of nitrogens with zero attached hydrogens (tertiary/aromatic N) is 1. The zero-order valence-corrected chi connectivity index (χ0v) is 14.2. The van der Waals surface area contributed by atoms with E-state index in [1.807, 2.05) is 37.4 Å². The summed E-state index contributed by atoms with van der Waals surface area (Å²) in [5.74, 6) is -0.0710. The van der Waals surface area contributed by atoms with E-state index in [4.69, 9.17) is 0 Å². The molecule has 0 unspecified atom stereocenters. The maximum atomic E-state index is 12.4. The summed E-state index contributed by atoms with van der Waals surface area (Å²) in [6, 6.07) is 8.17. The molecule has 1 aliphatic rings. The summed E-state index contributed by atoms with van der Waals surface area (Å²) < 4.78 is 4.00. The topological polar surface area (TPSA) is 34.0 Å². The number of rotatable bonds is 3.